The van der Waals surface area contributed by atoms with E-state index in [1.54, 1.807) is 37.5 Å². The number of rotatable bonds is 7. The number of hydrogen-bond acceptors (Lipinski definition) is 5. The number of amides is 3. The third-order valence-corrected chi connectivity index (χ3v) is 7.79. The van der Waals surface area contributed by atoms with Crippen LogP contribution in [0, 0.1) is 6.92 Å². The molecule has 0 spiro atoms. The maximum atomic E-state index is 13.2. The molecule has 0 atom stereocenters. The average Bonchev–Trinajstić information content (AvgIpc) is 3.33. The van der Waals surface area contributed by atoms with Gasteiger partial charge in [0.15, 0.2) is 0 Å². The molecule has 0 saturated carbocycles. The summed E-state index contributed by atoms with van der Waals surface area (Å²) in [6.45, 7) is 2.32. The summed E-state index contributed by atoms with van der Waals surface area (Å²) in [7, 11) is 1.56. The molecule has 5 rings (SSSR count). The molecule has 0 bridgehead atoms. The molecule has 4 aromatic rings. The normalized spacial score (nSPS) is 14.5. The summed E-state index contributed by atoms with van der Waals surface area (Å²) in [6.07, 6.45) is 1.77. The molecule has 38 heavy (non-hydrogen) atoms. The molecule has 2 heterocycles. The van der Waals surface area contributed by atoms with Crippen LogP contribution in [-0.2, 0) is 16.1 Å². The number of carbonyl (C=O) groups is 3. The number of imide groups is 1. The van der Waals surface area contributed by atoms with Gasteiger partial charge in [0.05, 0.1) is 12.0 Å². The Hall–Kier alpha value is -3.82. The Morgan fingerprint density at radius 3 is 2.45 bits per heavy atom. The minimum Gasteiger partial charge on any atom is -0.497 e. The van der Waals surface area contributed by atoms with Gasteiger partial charge in [0.2, 0.25) is 5.91 Å². The Morgan fingerprint density at radius 2 is 1.74 bits per heavy atom. The standard InChI is InChI=1S/C29H24BrN3O4S/c1-18-24(23-5-3-4-6-25(23)32(18)16-19-7-9-20(30)10-8-19)15-26-28(35)33(29(36)38-26)17-27(34)31-21-11-13-22(37-2)14-12-21/h3-15H,16-17H2,1-2H3,(H,31,34)/b26-15+. The summed E-state index contributed by atoms with van der Waals surface area (Å²) < 4.78 is 8.34. The van der Waals surface area contributed by atoms with Gasteiger partial charge in [-0.2, -0.15) is 0 Å². The second-order valence-corrected chi connectivity index (χ2v) is 10.7. The fourth-order valence-corrected chi connectivity index (χ4v) is 5.49. The van der Waals surface area contributed by atoms with E-state index in [0.29, 0.717) is 22.9 Å². The van der Waals surface area contributed by atoms with Crippen LogP contribution in [0.3, 0.4) is 0 Å². The second kappa shape index (κ2) is 10.9. The predicted octanol–water partition coefficient (Wildman–Crippen LogP) is 6.44. The lowest BCUT2D eigenvalue weighted by Gasteiger charge is -2.12. The minimum atomic E-state index is -0.478. The molecule has 7 nitrogen and oxygen atoms in total. The van der Waals surface area contributed by atoms with Gasteiger partial charge in [-0.05, 0) is 72.8 Å². The topological polar surface area (TPSA) is 80.6 Å². The number of methoxy groups -OCH3 is 1. The van der Waals surface area contributed by atoms with E-state index >= 15 is 0 Å². The third kappa shape index (κ3) is 5.25. The van der Waals surface area contributed by atoms with Crippen molar-refractivity contribution in [3.8, 4) is 5.75 Å². The van der Waals surface area contributed by atoms with Gasteiger partial charge in [0.25, 0.3) is 11.1 Å². The number of aromatic nitrogens is 1. The lowest BCUT2D eigenvalue weighted by molar-refractivity contribution is -0.127. The molecule has 1 aliphatic rings. The van der Waals surface area contributed by atoms with Gasteiger partial charge in [-0.3, -0.25) is 19.3 Å². The molecule has 1 aliphatic heterocycles. The molecular formula is C29H24BrN3O4S. The molecule has 1 fully saturated rings. The molecule has 1 saturated heterocycles. The number of carbonyl (C=O) groups excluding carboxylic acids is 3. The van der Waals surface area contributed by atoms with E-state index in [1.165, 1.54) is 0 Å². The highest BCUT2D eigenvalue weighted by molar-refractivity contribution is 9.10. The van der Waals surface area contributed by atoms with Crippen LogP contribution >= 0.6 is 27.7 Å². The van der Waals surface area contributed by atoms with Crippen molar-refractivity contribution in [3.05, 3.63) is 99.0 Å². The zero-order valence-corrected chi connectivity index (χ0v) is 23.1. The van der Waals surface area contributed by atoms with Crippen LogP contribution in [0.4, 0.5) is 10.5 Å². The van der Waals surface area contributed by atoms with Crippen molar-refractivity contribution >= 4 is 67.4 Å². The molecule has 3 amide bonds. The van der Waals surface area contributed by atoms with Gasteiger partial charge in [0, 0.05) is 38.9 Å². The van der Waals surface area contributed by atoms with E-state index in [4.69, 9.17) is 4.74 Å². The number of hydrogen-bond donors (Lipinski definition) is 1. The number of anilines is 1. The van der Waals surface area contributed by atoms with Gasteiger partial charge in [-0.15, -0.1) is 0 Å². The van der Waals surface area contributed by atoms with Crippen molar-refractivity contribution in [2.75, 3.05) is 19.0 Å². The summed E-state index contributed by atoms with van der Waals surface area (Å²) in [5.41, 5.74) is 4.60. The van der Waals surface area contributed by atoms with Crippen LogP contribution in [-0.4, -0.2) is 40.2 Å². The van der Waals surface area contributed by atoms with Crippen LogP contribution in [0.25, 0.3) is 17.0 Å². The zero-order chi connectivity index (χ0) is 26.8. The van der Waals surface area contributed by atoms with Crippen LogP contribution in [0.1, 0.15) is 16.8 Å². The highest BCUT2D eigenvalue weighted by atomic mass is 79.9. The Bertz CT molecular complexity index is 1580. The molecule has 3 aromatic carbocycles. The summed E-state index contributed by atoms with van der Waals surface area (Å²) in [5, 5.41) is 3.24. The number of para-hydroxylation sites is 1. The van der Waals surface area contributed by atoms with Crippen molar-refractivity contribution in [1.29, 1.82) is 0 Å². The van der Waals surface area contributed by atoms with Gasteiger partial charge < -0.3 is 14.6 Å². The first-order chi connectivity index (χ1) is 18.3. The number of ether oxygens (including phenoxy) is 1. The van der Waals surface area contributed by atoms with Crippen molar-refractivity contribution in [1.82, 2.24) is 9.47 Å². The second-order valence-electron chi connectivity index (χ2n) is 8.77. The molecule has 9 heteroatoms. The Balaban J connectivity index is 1.38. The largest absolute Gasteiger partial charge is 0.497 e. The number of fused-ring (bicyclic) bond motifs is 1. The smallest absolute Gasteiger partial charge is 0.294 e. The molecule has 0 radical (unpaired) electrons. The van der Waals surface area contributed by atoms with Crippen molar-refractivity contribution in [3.63, 3.8) is 0 Å². The van der Waals surface area contributed by atoms with Crippen LogP contribution in [0.15, 0.2) is 82.2 Å². The summed E-state index contributed by atoms with van der Waals surface area (Å²) >= 11 is 4.33. The number of nitrogens with zero attached hydrogens (tertiary/aromatic N) is 2. The van der Waals surface area contributed by atoms with Crippen molar-refractivity contribution in [2.45, 2.75) is 13.5 Å². The number of thioether (sulfide) groups is 1. The van der Waals surface area contributed by atoms with Gasteiger partial charge in [-0.1, -0.05) is 46.3 Å². The highest BCUT2D eigenvalue weighted by Crippen LogP contribution is 2.36. The van der Waals surface area contributed by atoms with Crippen LogP contribution < -0.4 is 10.1 Å². The monoisotopic (exact) mass is 589 g/mol. The summed E-state index contributed by atoms with van der Waals surface area (Å²) in [5.74, 6) is -0.275. The number of nitrogens with one attached hydrogen (secondary N) is 1. The molecule has 0 aliphatic carbocycles. The Morgan fingerprint density at radius 1 is 1.03 bits per heavy atom. The van der Waals surface area contributed by atoms with Crippen molar-refractivity contribution < 1.29 is 19.1 Å². The molecule has 0 unspecified atom stereocenters. The lowest BCUT2D eigenvalue weighted by atomic mass is 10.1. The van der Waals surface area contributed by atoms with Crippen molar-refractivity contribution in [2.24, 2.45) is 0 Å². The number of benzene rings is 3. The van der Waals surface area contributed by atoms with Gasteiger partial charge in [0.1, 0.15) is 12.3 Å². The van der Waals surface area contributed by atoms with E-state index in [9.17, 15) is 14.4 Å². The fourth-order valence-electron chi connectivity index (χ4n) is 4.40. The molecule has 1 N–H and O–H groups in total. The lowest BCUT2D eigenvalue weighted by Crippen LogP contribution is -2.36. The van der Waals surface area contributed by atoms with E-state index in [-0.39, 0.29) is 6.54 Å². The maximum absolute atomic E-state index is 13.2. The fraction of sp³-hybridized carbons (Fsp3) is 0.138. The molecule has 192 valence electrons. The first-order valence-electron chi connectivity index (χ1n) is 11.9. The molecule has 1 aromatic heterocycles. The van der Waals surface area contributed by atoms with E-state index in [0.717, 1.165) is 48.9 Å². The SMILES string of the molecule is COc1ccc(NC(=O)CN2C(=O)S/C(=C/c3c(C)n(Cc4ccc(Br)cc4)c4ccccc34)C2=O)cc1. The first kappa shape index (κ1) is 25.8. The highest BCUT2D eigenvalue weighted by Gasteiger charge is 2.36. The minimum absolute atomic E-state index is 0.293. The Labute approximate surface area is 232 Å². The maximum Gasteiger partial charge on any atom is 0.294 e. The summed E-state index contributed by atoms with van der Waals surface area (Å²) in [6, 6.07) is 23.0. The van der Waals surface area contributed by atoms with E-state index in [2.05, 4.69) is 37.9 Å². The summed E-state index contributed by atoms with van der Waals surface area (Å²) in [4.78, 5) is 39.7. The Kier molecular flexibility index (Phi) is 7.40. The predicted molar refractivity (Wildman–Crippen MR) is 154 cm³/mol. The van der Waals surface area contributed by atoms with Gasteiger partial charge in [-0.25, -0.2) is 0 Å². The zero-order valence-electron chi connectivity index (χ0n) is 20.7. The average molecular weight is 590 g/mol. The first-order valence-corrected chi connectivity index (χ1v) is 13.5. The van der Waals surface area contributed by atoms with Crippen LogP contribution in [0.5, 0.6) is 5.75 Å². The third-order valence-electron chi connectivity index (χ3n) is 6.36. The molecular weight excluding hydrogens is 566 g/mol. The van der Waals surface area contributed by atoms with E-state index < -0.39 is 17.1 Å². The number of halogens is 1. The van der Waals surface area contributed by atoms with Gasteiger partial charge >= 0.3 is 0 Å². The van der Waals surface area contributed by atoms with E-state index in [1.807, 2.05) is 43.3 Å². The van der Waals surface area contributed by atoms with Crippen LogP contribution in [0.2, 0.25) is 0 Å². The quantitative estimate of drug-likeness (QED) is 0.251.